The molecule has 0 radical (unpaired) electrons. The van der Waals surface area contributed by atoms with E-state index in [1.807, 2.05) is 0 Å². The summed E-state index contributed by atoms with van der Waals surface area (Å²) in [6, 6.07) is 8.53. The van der Waals surface area contributed by atoms with E-state index in [4.69, 9.17) is 5.26 Å². The summed E-state index contributed by atoms with van der Waals surface area (Å²) in [6.07, 6.45) is -5.23. The molecule has 0 saturated carbocycles. The Morgan fingerprint density at radius 1 is 1.04 bits per heavy atom. The fraction of sp³-hybridized carbons (Fsp3) is 0.278. The molecule has 28 heavy (non-hydrogen) atoms. The highest BCUT2D eigenvalue weighted by Crippen LogP contribution is 2.27. The van der Waals surface area contributed by atoms with Crippen molar-refractivity contribution in [3.05, 3.63) is 63.1 Å². The molecule has 2 aromatic rings. The third-order valence-corrected chi connectivity index (χ3v) is 4.22. The highest BCUT2D eigenvalue weighted by Gasteiger charge is 2.36. The van der Waals surface area contributed by atoms with E-state index in [9.17, 15) is 27.6 Å². The summed E-state index contributed by atoms with van der Waals surface area (Å²) in [7, 11) is 0. The molecule has 0 atom stereocenters. The topological polar surface area (TPSA) is 96.1 Å². The van der Waals surface area contributed by atoms with Crippen LogP contribution in [0.5, 0.6) is 0 Å². The van der Waals surface area contributed by atoms with Gasteiger partial charge in [0.1, 0.15) is 5.56 Å². The number of carbonyl (C=O) groups is 2. The molecular weight excluding hydrogens is 377 g/mol. The lowest BCUT2D eigenvalue weighted by Crippen LogP contribution is -2.34. The number of nitriles is 1. The lowest BCUT2D eigenvalue weighted by Gasteiger charge is -2.15. The Hall–Kier alpha value is -3.48. The van der Waals surface area contributed by atoms with E-state index in [2.05, 4.69) is 5.10 Å². The molecule has 10 heteroatoms. The molecule has 0 unspecified atom stereocenters. The van der Waals surface area contributed by atoms with Crippen molar-refractivity contribution < 1.29 is 22.8 Å². The van der Waals surface area contributed by atoms with Gasteiger partial charge in [-0.1, -0.05) is 12.1 Å². The van der Waals surface area contributed by atoms with Crippen molar-refractivity contribution in [2.24, 2.45) is 0 Å². The summed E-state index contributed by atoms with van der Waals surface area (Å²) in [4.78, 5) is 37.6. The van der Waals surface area contributed by atoms with E-state index < -0.39 is 29.1 Å². The van der Waals surface area contributed by atoms with Gasteiger partial charge in [-0.05, 0) is 24.6 Å². The molecule has 3 rings (SSSR count). The number of fused-ring (bicyclic) bond motifs is 1. The maximum Gasteiger partial charge on any atom is 0.421 e. The van der Waals surface area contributed by atoms with Gasteiger partial charge in [0.05, 0.1) is 29.3 Å². The van der Waals surface area contributed by atoms with Crippen molar-refractivity contribution in [3.8, 4) is 6.07 Å². The molecule has 1 aromatic carbocycles. The van der Waals surface area contributed by atoms with Crippen LogP contribution in [0.25, 0.3) is 0 Å². The van der Waals surface area contributed by atoms with Crippen LogP contribution in [0, 0.1) is 11.3 Å². The number of aromatic nitrogens is 2. The van der Waals surface area contributed by atoms with Crippen LogP contribution in [0.2, 0.25) is 0 Å². The van der Waals surface area contributed by atoms with Gasteiger partial charge in [0.25, 0.3) is 17.4 Å². The minimum atomic E-state index is -4.88. The Morgan fingerprint density at radius 3 is 2.18 bits per heavy atom. The van der Waals surface area contributed by atoms with Gasteiger partial charge in [0, 0.05) is 13.1 Å². The minimum Gasteiger partial charge on any atom is -0.274 e. The quantitative estimate of drug-likeness (QED) is 0.728. The second kappa shape index (κ2) is 7.26. The largest absolute Gasteiger partial charge is 0.421 e. The Kier molecular flexibility index (Phi) is 5.00. The van der Waals surface area contributed by atoms with Gasteiger partial charge >= 0.3 is 6.18 Å². The molecule has 0 aliphatic carbocycles. The number of hydrogen-bond donors (Lipinski definition) is 0. The highest BCUT2D eigenvalue weighted by molar-refractivity contribution is 6.21. The van der Waals surface area contributed by atoms with Crippen molar-refractivity contribution >= 4 is 11.8 Å². The average Bonchev–Trinajstić information content (AvgIpc) is 2.88. The highest BCUT2D eigenvalue weighted by atomic mass is 19.4. The zero-order valence-corrected chi connectivity index (χ0v) is 14.4. The molecule has 1 aliphatic heterocycles. The zero-order chi connectivity index (χ0) is 20.5. The van der Waals surface area contributed by atoms with Crippen LogP contribution < -0.4 is 5.56 Å². The SMILES string of the molecule is N#CCc1cc(C(F)(F)F)c(=O)n(CCCN2C(=O)c3ccccc3C2=O)n1. The van der Waals surface area contributed by atoms with Crippen molar-refractivity contribution in [1.82, 2.24) is 14.7 Å². The number of hydrogen-bond acceptors (Lipinski definition) is 5. The average molecular weight is 390 g/mol. The summed E-state index contributed by atoms with van der Waals surface area (Å²) in [5.41, 5.74) is -2.41. The van der Waals surface area contributed by atoms with E-state index in [0.717, 1.165) is 4.90 Å². The van der Waals surface area contributed by atoms with Crippen LogP contribution in [-0.2, 0) is 19.1 Å². The molecular formula is C18H13F3N4O3. The molecule has 0 saturated heterocycles. The number of alkyl halides is 3. The molecule has 144 valence electrons. The summed E-state index contributed by atoms with van der Waals surface area (Å²) in [5, 5.41) is 12.5. The Balaban J connectivity index is 1.78. The molecule has 1 aliphatic rings. The summed E-state index contributed by atoms with van der Waals surface area (Å²) >= 11 is 0. The van der Waals surface area contributed by atoms with Crippen LogP contribution in [0.1, 0.15) is 38.4 Å². The molecule has 0 bridgehead atoms. The third kappa shape index (κ3) is 3.51. The third-order valence-electron chi connectivity index (χ3n) is 4.22. The van der Waals surface area contributed by atoms with Crippen molar-refractivity contribution in [1.29, 1.82) is 5.26 Å². The first kappa shape index (κ1) is 19.3. The summed E-state index contributed by atoms with van der Waals surface area (Å²) < 4.78 is 39.8. The lowest BCUT2D eigenvalue weighted by molar-refractivity contribution is -0.139. The number of benzene rings is 1. The second-order valence-corrected chi connectivity index (χ2v) is 6.07. The Morgan fingerprint density at radius 2 is 1.64 bits per heavy atom. The van der Waals surface area contributed by atoms with Crippen LogP contribution in [-0.4, -0.2) is 33.0 Å². The van der Waals surface area contributed by atoms with E-state index in [0.29, 0.717) is 10.7 Å². The first-order chi connectivity index (χ1) is 13.2. The fourth-order valence-electron chi connectivity index (χ4n) is 2.94. The maximum absolute atomic E-state index is 13.0. The fourth-order valence-corrected chi connectivity index (χ4v) is 2.94. The van der Waals surface area contributed by atoms with E-state index in [-0.39, 0.29) is 42.8 Å². The number of rotatable bonds is 5. The van der Waals surface area contributed by atoms with Crippen LogP contribution >= 0.6 is 0 Å². The summed E-state index contributed by atoms with van der Waals surface area (Å²) in [5.74, 6) is -0.981. The number of amides is 2. The summed E-state index contributed by atoms with van der Waals surface area (Å²) in [6.45, 7) is -0.321. The van der Waals surface area contributed by atoms with Crippen molar-refractivity contribution in [2.75, 3.05) is 6.54 Å². The number of aryl methyl sites for hydroxylation is 1. The van der Waals surface area contributed by atoms with E-state index in [1.165, 1.54) is 12.1 Å². The molecule has 1 aromatic heterocycles. The number of imide groups is 1. The van der Waals surface area contributed by atoms with E-state index >= 15 is 0 Å². The molecule has 0 N–H and O–H groups in total. The smallest absolute Gasteiger partial charge is 0.274 e. The van der Waals surface area contributed by atoms with Crippen LogP contribution in [0.3, 0.4) is 0 Å². The van der Waals surface area contributed by atoms with Crippen molar-refractivity contribution in [2.45, 2.75) is 25.6 Å². The lowest BCUT2D eigenvalue weighted by atomic mass is 10.1. The van der Waals surface area contributed by atoms with Gasteiger partial charge in [-0.15, -0.1) is 0 Å². The van der Waals surface area contributed by atoms with Gasteiger partial charge < -0.3 is 0 Å². The van der Waals surface area contributed by atoms with Gasteiger partial charge in [0.2, 0.25) is 0 Å². The van der Waals surface area contributed by atoms with Gasteiger partial charge in [0.15, 0.2) is 0 Å². The number of carbonyl (C=O) groups excluding carboxylic acids is 2. The predicted molar refractivity (Wildman–Crippen MR) is 89.2 cm³/mol. The van der Waals surface area contributed by atoms with Gasteiger partial charge in [-0.25, -0.2) is 4.68 Å². The molecule has 0 fully saturated rings. The Bertz CT molecular complexity index is 1020. The first-order valence-corrected chi connectivity index (χ1v) is 8.24. The zero-order valence-electron chi connectivity index (χ0n) is 14.4. The maximum atomic E-state index is 13.0. The molecule has 2 heterocycles. The number of halogens is 3. The standard InChI is InChI=1S/C18H13F3N4O3/c19-18(20,21)14-10-11(6-7-22)23-25(17(14)28)9-3-8-24-15(26)12-4-1-2-5-13(12)16(24)27/h1-2,4-5,10H,3,6,8-9H2. The molecule has 7 nitrogen and oxygen atoms in total. The van der Waals surface area contributed by atoms with Crippen molar-refractivity contribution in [3.63, 3.8) is 0 Å². The van der Waals surface area contributed by atoms with Crippen LogP contribution in [0.15, 0.2) is 35.1 Å². The Labute approximate surface area is 156 Å². The first-order valence-electron chi connectivity index (χ1n) is 8.24. The molecule has 0 spiro atoms. The monoisotopic (exact) mass is 390 g/mol. The second-order valence-electron chi connectivity index (χ2n) is 6.07. The minimum absolute atomic E-state index is 0.0334. The normalized spacial score (nSPS) is 13.6. The van der Waals surface area contributed by atoms with Crippen LogP contribution in [0.4, 0.5) is 13.2 Å². The number of nitrogens with zero attached hydrogens (tertiary/aromatic N) is 4. The predicted octanol–water partition coefficient (Wildman–Crippen LogP) is 2.01. The van der Waals surface area contributed by atoms with Gasteiger partial charge in [-0.3, -0.25) is 19.3 Å². The molecule has 2 amide bonds. The van der Waals surface area contributed by atoms with E-state index in [1.54, 1.807) is 18.2 Å². The van der Waals surface area contributed by atoms with Gasteiger partial charge in [-0.2, -0.15) is 23.5 Å².